The van der Waals surface area contributed by atoms with Gasteiger partial charge >= 0.3 is 0 Å². The Morgan fingerprint density at radius 3 is 2.47 bits per heavy atom. The van der Waals surface area contributed by atoms with Gasteiger partial charge in [0.15, 0.2) is 5.96 Å². The second-order valence-electron chi connectivity index (χ2n) is 8.26. The number of halogens is 1. The number of hydrogen-bond donors (Lipinski definition) is 2. The Morgan fingerprint density at radius 1 is 1.12 bits per heavy atom. The van der Waals surface area contributed by atoms with E-state index < -0.39 is 0 Å². The molecule has 1 amide bonds. The summed E-state index contributed by atoms with van der Waals surface area (Å²) in [5.74, 6) is 1.90. The average Bonchev–Trinajstić information content (AvgIpc) is 3.33. The van der Waals surface area contributed by atoms with Crippen LogP contribution in [0.3, 0.4) is 0 Å². The fourth-order valence-corrected chi connectivity index (χ4v) is 4.39. The molecule has 9 heteroatoms. The summed E-state index contributed by atoms with van der Waals surface area (Å²) in [6.07, 6.45) is 2.51. The fourth-order valence-electron chi connectivity index (χ4n) is 4.39. The highest BCUT2D eigenvalue weighted by Gasteiger charge is 2.24. The van der Waals surface area contributed by atoms with Gasteiger partial charge in [-0.25, -0.2) is 0 Å². The zero-order valence-electron chi connectivity index (χ0n) is 19.7. The van der Waals surface area contributed by atoms with E-state index in [4.69, 9.17) is 4.74 Å². The molecular formula is C23H39IN6O2. The zero-order valence-corrected chi connectivity index (χ0v) is 22.0. The van der Waals surface area contributed by atoms with Gasteiger partial charge in [0.25, 0.3) is 0 Å². The van der Waals surface area contributed by atoms with E-state index in [2.05, 4.69) is 43.6 Å². The average molecular weight is 559 g/mol. The van der Waals surface area contributed by atoms with Crippen molar-refractivity contribution in [2.45, 2.75) is 25.8 Å². The lowest BCUT2D eigenvalue weighted by Gasteiger charge is -2.34. The van der Waals surface area contributed by atoms with Gasteiger partial charge < -0.3 is 20.3 Å². The highest BCUT2D eigenvalue weighted by molar-refractivity contribution is 14.0. The van der Waals surface area contributed by atoms with E-state index in [0.717, 1.165) is 70.6 Å². The second kappa shape index (κ2) is 13.8. The quantitative estimate of drug-likeness (QED) is 0.288. The molecule has 1 atom stereocenters. The van der Waals surface area contributed by atoms with Crippen molar-refractivity contribution in [2.24, 2.45) is 4.99 Å². The van der Waals surface area contributed by atoms with Crippen LogP contribution in [0, 0.1) is 0 Å². The summed E-state index contributed by atoms with van der Waals surface area (Å²) < 4.78 is 5.44. The summed E-state index contributed by atoms with van der Waals surface area (Å²) in [7, 11) is 3.53. The molecule has 0 saturated carbocycles. The third-order valence-electron chi connectivity index (χ3n) is 6.28. The molecule has 1 aromatic carbocycles. The Balaban J connectivity index is 0.00000363. The lowest BCUT2D eigenvalue weighted by Crippen LogP contribution is -2.50. The van der Waals surface area contributed by atoms with E-state index >= 15 is 0 Å². The van der Waals surface area contributed by atoms with Crippen LogP contribution in [0.2, 0.25) is 0 Å². The molecule has 2 aliphatic rings. The number of aliphatic imine (C=N–C) groups is 1. The Kier molecular flexibility index (Phi) is 11.5. The molecule has 1 unspecified atom stereocenters. The van der Waals surface area contributed by atoms with Crippen LogP contribution >= 0.6 is 24.0 Å². The van der Waals surface area contributed by atoms with Gasteiger partial charge in [0.2, 0.25) is 5.91 Å². The Morgan fingerprint density at radius 2 is 1.84 bits per heavy atom. The van der Waals surface area contributed by atoms with Crippen LogP contribution in [0.15, 0.2) is 29.3 Å². The van der Waals surface area contributed by atoms with E-state index in [1.807, 2.05) is 18.0 Å². The normalized spacial score (nSPS) is 18.7. The molecule has 0 bridgehead atoms. The molecule has 32 heavy (non-hydrogen) atoms. The highest BCUT2D eigenvalue weighted by atomic mass is 127. The minimum absolute atomic E-state index is 0. The van der Waals surface area contributed by atoms with Crippen LogP contribution in [0.25, 0.3) is 0 Å². The highest BCUT2D eigenvalue weighted by Crippen LogP contribution is 2.27. The molecular weight excluding hydrogens is 519 g/mol. The first-order chi connectivity index (χ1) is 15.1. The number of amides is 1. The van der Waals surface area contributed by atoms with E-state index in [1.165, 1.54) is 18.4 Å². The molecule has 2 fully saturated rings. The molecule has 2 saturated heterocycles. The minimum Gasteiger partial charge on any atom is -0.497 e. The number of piperazine rings is 1. The van der Waals surface area contributed by atoms with Crippen molar-refractivity contribution >= 4 is 35.8 Å². The summed E-state index contributed by atoms with van der Waals surface area (Å²) in [4.78, 5) is 22.7. The lowest BCUT2D eigenvalue weighted by atomic mass is 10.1. The third-order valence-corrected chi connectivity index (χ3v) is 6.28. The first-order valence-electron chi connectivity index (χ1n) is 11.4. The number of hydrogen-bond acceptors (Lipinski definition) is 5. The van der Waals surface area contributed by atoms with Crippen molar-refractivity contribution in [3.63, 3.8) is 0 Å². The number of ether oxygens (including phenoxy) is 1. The number of carbonyl (C=O) groups is 1. The predicted molar refractivity (Wildman–Crippen MR) is 140 cm³/mol. The van der Waals surface area contributed by atoms with Crippen LogP contribution in [0.4, 0.5) is 0 Å². The van der Waals surface area contributed by atoms with Gasteiger partial charge in [-0.05, 0) is 43.6 Å². The Bertz CT molecular complexity index is 733. The van der Waals surface area contributed by atoms with E-state index in [0.29, 0.717) is 0 Å². The summed E-state index contributed by atoms with van der Waals surface area (Å²) in [6.45, 7) is 9.97. The zero-order chi connectivity index (χ0) is 22.1. The monoisotopic (exact) mass is 558 g/mol. The van der Waals surface area contributed by atoms with Crippen molar-refractivity contribution in [1.29, 1.82) is 0 Å². The number of methoxy groups -OCH3 is 1. The summed E-state index contributed by atoms with van der Waals surface area (Å²) in [5.41, 5.74) is 1.27. The maximum Gasteiger partial charge on any atom is 0.219 e. The number of likely N-dealkylation sites (tertiary alicyclic amines) is 1. The van der Waals surface area contributed by atoms with Crippen molar-refractivity contribution in [3.05, 3.63) is 29.8 Å². The maximum atomic E-state index is 11.5. The van der Waals surface area contributed by atoms with Gasteiger partial charge in [-0.3, -0.25) is 19.6 Å². The van der Waals surface area contributed by atoms with E-state index in [9.17, 15) is 4.79 Å². The van der Waals surface area contributed by atoms with E-state index in [-0.39, 0.29) is 35.9 Å². The smallest absolute Gasteiger partial charge is 0.219 e. The fraction of sp³-hybridized carbons (Fsp3) is 0.652. The molecule has 2 N–H and O–H groups in total. The molecule has 180 valence electrons. The van der Waals surface area contributed by atoms with Gasteiger partial charge in [-0.1, -0.05) is 12.1 Å². The summed E-state index contributed by atoms with van der Waals surface area (Å²) in [6, 6.07) is 8.67. The molecule has 0 aromatic heterocycles. The van der Waals surface area contributed by atoms with Gasteiger partial charge in [0, 0.05) is 59.8 Å². The van der Waals surface area contributed by atoms with Crippen molar-refractivity contribution in [3.8, 4) is 5.75 Å². The summed E-state index contributed by atoms with van der Waals surface area (Å²) >= 11 is 0. The number of guanidine groups is 1. The topological polar surface area (TPSA) is 72.4 Å². The predicted octanol–water partition coefficient (Wildman–Crippen LogP) is 1.78. The SMILES string of the molecule is CN=C(NCCN1CCN(C(C)=O)CC1)NCC(c1cccc(OC)c1)N1CCCC1.I. The number of nitrogens with zero attached hydrogens (tertiary/aromatic N) is 4. The number of nitrogens with one attached hydrogen (secondary N) is 2. The van der Waals surface area contributed by atoms with Crippen molar-refractivity contribution in [1.82, 2.24) is 25.3 Å². The van der Waals surface area contributed by atoms with Gasteiger partial charge in [0.1, 0.15) is 5.75 Å². The number of benzene rings is 1. The first-order valence-corrected chi connectivity index (χ1v) is 11.4. The molecule has 1 aromatic rings. The summed E-state index contributed by atoms with van der Waals surface area (Å²) in [5, 5.41) is 6.97. The van der Waals surface area contributed by atoms with Gasteiger partial charge in [0.05, 0.1) is 13.2 Å². The molecule has 2 aliphatic heterocycles. The second-order valence-corrected chi connectivity index (χ2v) is 8.26. The van der Waals surface area contributed by atoms with Crippen LogP contribution in [0.1, 0.15) is 31.4 Å². The molecule has 0 radical (unpaired) electrons. The molecule has 2 heterocycles. The Hall–Kier alpha value is -1.59. The molecule has 8 nitrogen and oxygen atoms in total. The Labute approximate surface area is 209 Å². The lowest BCUT2D eigenvalue weighted by molar-refractivity contribution is -0.130. The molecule has 0 spiro atoms. The number of carbonyl (C=O) groups excluding carboxylic acids is 1. The number of rotatable bonds is 8. The van der Waals surface area contributed by atoms with Crippen molar-refractivity contribution in [2.75, 3.05) is 73.1 Å². The minimum atomic E-state index is 0. The maximum absolute atomic E-state index is 11.5. The van der Waals surface area contributed by atoms with Gasteiger partial charge in [-0.15, -0.1) is 24.0 Å². The molecule has 3 rings (SSSR count). The standard InChI is InChI=1S/C23H38N6O2.HI/c1-19(30)28-15-13-27(14-16-28)12-9-25-23(24-2)26-18-22(29-10-4-5-11-29)20-7-6-8-21(17-20)31-3;/h6-8,17,22H,4-5,9-16,18H2,1-3H3,(H2,24,25,26);1H. The molecule has 0 aliphatic carbocycles. The van der Waals surface area contributed by atoms with Crippen molar-refractivity contribution < 1.29 is 9.53 Å². The van der Waals surface area contributed by atoms with Crippen LogP contribution in [0.5, 0.6) is 5.75 Å². The third kappa shape index (κ3) is 7.77. The first kappa shape index (κ1) is 26.7. The van der Waals surface area contributed by atoms with E-state index in [1.54, 1.807) is 14.0 Å². The largest absolute Gasteiger partial charge is 0.497 e. The van der Waals surface area contributed by atoms with Crippen LogP contribution in [-0.2, 0) is 4.79 Å². The van der Waals surface area contributed by atoms with Crippen LogP contribution in [-0.4, -0.2) is 99.6 Å². The van der Waals surface area contributed by atoms with Crippen LogP contribution < -0.4 is 15.4 Å². The van der Waals surface area contributed by atoms with Gasteiger partial charge in [-0.2, -0.15) is 0 Å².